The van der Waals surface area contributed by atoms with Crippen LogP contribution in [0.15, 0.2) is 24.3 Å². The van der Waals surface area contributed by atoms with Crippen molar-refractivity contribution in [3.63, 3.8) is 0 Å². The van der Waals surface area contributed by atoms with Crippen LogP contribution in [0.5, 0.6) is 0 Å². The fraction of sp³-hybridized carbons (Fsp3) is 0.545. The molecule has 0 saturated carbocycles. The molecule has 0 unspecified atom stereocenters. The molecule has 0 heterocycles. The van der Waals surface area contributed by atoms with Crippen LogP contribution in [0.1, 0.15) is 0 Å². The molecule has 0 amide bonds. The third-order valence-corrected chi connectivity index (χ3v) is 5.55. The van der Waals surface area contributed by atoms with Crippen molar-refractivity contribution in [2.24, 2.45) is 0 Å². The first kappa shape index (κ1) is 23.3. The molecule has 0 aliphatic heterocycles. The minimum Gasteiger partial charge on any atom is -1.00 e. The van der Waals surface area contributed by atoms with E-state index in [1.165, 1.54) is 5.19 Å². The molecule has 6 heteroatoms. The van der Waals surface area contributed by atoms with Crippen molar-refractivity contribution in [1.82, 2.24) is 0 Å². The molecule has 0 aromatic heterocycles. The molecule has 0 aliphatic carbocycles. The van der Waals surface area contributed by atoms with Gasteiger partial charge in [-0.1, -0.05) is 13.1 Å². The summed E-state index contributed by atoms with van der Waals surface area (Å²) in [5.41, 5.74) is 0.210. The Hall–Kier alpha value is 1.21. The van der Waals surface area contributed by atoms with E-state index in [9.17, 15) is 0 Å². The van der Waals surface area contributed by atoms with Gasteiger partial charge < -0.3 is 29.9 Å². The predicted molar refractivity (Wildman–Crippen MR) is 68.5 cm³/mol. The Balaban J connectivity index is -0.000000289. The maximum atomic E-state index is 8.84. The van der Waals surface area contributed by atoms with Crippen molar-refractivity contribution in [3.05, 3.63) is 24.3 Å². The molecule has 0 bridgehead atoms. The van der Waals surface area contributed by atoms with E-state index >= 15 is 0 Å². The van der Waals surface area contributed by atoms with Gasteiger partial charge in [0, 0.05) is 6.61 Å². The second-order valence-electron chi connectivity index (χ2n) is 4.53. The summed E-state index contributed by atoms with van der Waals surface area (Å²) in [6, 6.07) is 9.45. The maximum absolute atomic E-state index is 8.84. The van der Waals surface area contributed by atoms with Gasteiger partial charge in [0.1, 0.15) is 0 Å². The Bertz CT molecular complexity index is 286. The van der Waals surface area contributed by atoms with Crippen LogP contribution in [0.3, 0.4) is 0 Å². The number of hydrogen-bond acceptors (Lipinski definition) is 1. The van der Waals surface area contributed by atoms with Crippen LogP contribution in [0.4, 0.5) is 0 Å². The van der Waals surface area contributed by atoms with Gasteiger partial charge >= 0.3 is 41.9 Å². The topological polar surface area (TPSA) is 20.2 Å². The number of aliphatic hydroxyl groups excluding tert-OH is 1. The number of hydrogen-bond donors (Lipinski definition) is 1. The van der Waals surface area contributed by atoms with Gasteiger partial charge in [0.2, 0.25) is 0 Å². The van der Waals surface area contributed by atoms with Gasteiger partial charge in [-0.25, -0.2) is 12.1 Å². The Kier molecular flexibility index (Phi) is 16.8. The van der Waals surface area contributed by atoms with Gasteiger partial charge in [0.15, 0.2) is 0 Å². The van der Waals surface area contributed by atoms with Gasteiger partial charge in [0.25, 0.3) is 0 Å². The summed E-state index contributed by atoms with van der Waals surface area (Å²) in [6.45, 7) is 9.52. The monoisotopic (exact) mass is 385 g/mol. The van der Waals surface area contributed by atoms with Gasteiger partial charge in [-0.3, -0.25) is 0 Å². The molecule has 98 valence electrons. The summed E-state index contributed by atoms with van der Waals surface area (Å²) in [4.78, 5) is 0. The van der Waals surface area contributed by atoms with Gasteiger partial charge in [-0.2, -0.15) is 17.3 Å². The quantitative estimate of drug-likeness (QED) is 0.415. The minimum absolute atomic E-state index is 0. The molecule has 0 fully saturated rings. The normalized spacial score (nSPS) is 9.35. The SMILES string of the molecule is C[Si](C)(CCO)c1ccc[cH-]1.C[Si](C)=[Zr+2].[Cl-].[Cl-]. The zero-order valence-corrected chi connectivity index (χ0v) is 16.9. The first-order valence-corrected chi connectivity index (χ1v) is 14.6. The second kappa shape index (κ2) is 12.3. The Morgan fingerprint density at radius 3 is 2.12 bits per heavy atom. The van der Waals surface area contributed by atoms with Crippen LogP contribution in [0.25, 0.3) is 0 Å². The molecule has 17 heavy (non-hydrogen) atoms. The average Bonchev–Trinajstić information content (AvgIpc) is 2.54. The molecule has 0 atom stereocenters. The van der Waals surface area contributed by atoms with E-state index in [0.717, 1.165) is 6.04 Å². The number of rotatable bonds is 3. The van der Waals surface area contributed by atoms with Crippen LogP contribution in [0, 0.1) is 0 Å². The van der Waals surface area contributed by atoms with Crippen molar-refractivity contribution < 1.29 is 53.3 Å². The fourth-order valence-electron chi connectivity index (χ4n) is 1.25. The van der Waals surface area contributed by atoms with E-state index in [4.69, 9.17) is 5.11 Å². The van der Waals surface area contributed by atoms with Crippen molar-refractivity contribution in [3.8, 4) is 0 Å². The minimum atomic E-state index is -1.28. The number of aliphatic hydroxyl groups is 1. The van der Waals surface area contributed by atoms with E-state index in [1.54, 1.807) is 23.3 Å². The molecule has 1 aromatic rings. The molecule has 0 saturated heterocycles. The molecule has 1 aromatic carbocycles. The van der Waals surface area contributed by atoms with Crippen molar-refractivity contribution in [2.75, 3.05) is 6.61 Å². The van der Waals surface area contributed by atoms with Crippen LogP contribution < -0.4 is 30.0 Å². The first-order valence-electron chi connectivity index (χ1n) is 5.25. The maximum Gasteiger partial charge on any atom is -1.00 e. The van der Waals surface area contributed by atoms with E-state index in [1.807, 2.05) is 0 Å². The third kappa shape index (κ3) is 12.0. The zero-order chi connectivity index (χ0) is 11.9. The van der Waals surface area contributed by atoms with Crippen molar-refractivity contribution in [2.45, 2.75) is 32.2 Å². The standard InChI is InChI=1S/C9H15OSi.C2H6Si.2ClH.Zr/c1-11(2,8-7-10)9-5-3-4-6-9;1-3-2;;;/h3-6,10H,7-8H2,1-2H3;1-2H3;2*1H;/q-1;;;;+2/p-2. The second-order valence-corrected chi connectivity index (χ2v) is 18.8. The molecule has 1 nitrogen and oxygen atoms in total. The summed E-state index contributed by atoms with van der Waals surface area (Å²) in [5.74, 6) is 0. The van der Waals surface area contributed by atoms with E-state index in [0.29, 0.717) is 6.61 Å². The summed E-state index contributed by atoms with van der Waals surface area (Å²) in [6.07, 6.45) is 0. The van der Waals surface area contributed by atoms with E-state index in [-0.39, 0.29) is 30.2 Å². The summed E-state index contributed by atoms with van der Waals surface area (Å²) in [7, 11) is -1.28. The Morgan fingerprint density at radius 2 is 1.82 bits per heavy atom. The van der Waals surface area contributed by atoms with Crippen LogP contribution in [-0.2, 0) is 23.3 Å². The van der Waals surface area contributed by atoms with Gasteiger partial charge in [0.05, 0.1) is 8.07 Å². The molecule has 0 radical (unpaired) electrons. The smallest absolute Gasteiger partial charge is 1.00 e. The molecular formula is C11H21Cl2OSi2Zr-. The fourth-order valence-corrected chi connectivity index (χ4v) is 3.19. The van der Waals surface area contributed by atoms with E-state index < -0.39 is 8.07 Å². The molecule has 1 rings (SSSR count). The zero-order valence-electron chi connectivity index (χ0n) is 10.9. The first-order chi connectivity index (χ1) is 6.90. The van der Waals surface area contributed by atoms with Gasteiger partial charge in [-0.05, 0) is 6.04 Å². The Labute approximate surface area is 134 Å². The molecular weight excluding hydrogens is 366 g/mol. The number of halogens is 2. The molecule has 1 N–H and O–H groups in total. The van der Waals surface area contributed by atoms with Crippen LogP contribution in [-0.4, -0.2) is 25.2 Å². The molecule has 0 aliphatic rings. The predicted octanol–water partition coefficient (Wildman–Crippen LogP) is -3.89. The summed E-state index contributed by atoms with van der Waals surface area (Å²) < 4.78 is 0. The summed E-state index contributed by atoms with van der Waals surface area (Å²) in [5, 5.41) is 10.3. The Morgan fingerprint density at radius 1 is 1.35 bits per heavy atom. The van der Waals surface area contributed by atoms with Crippen molar-refractivity contribution >= 4 is 18.7 Å². The van der Waals surface area contributed by atoms with Crippen LogP contribution >= 0.6 is 0 Å². The van der Waals surface area contributed by atoms with Crippen LogP contribution in [0.2, 0.25) is 32.2 Å². The summed E-state index contributed by atoms with van der Waals surface area (Å²) >= 11 is 1.74. The average molecular weight is 388 g/mol. The van der Waals surface area contributed by atoms with Gasteiger partial charge in [-0.15, -0.1) is 0 Å². The van der Waals surface area contributed by atoms with E-state index in [2.05, 4.69) is 50.5 Å². The van der Waals surface area contributed by atoms with Crippen molar-refractivity contribution in [1.29, 1.82) is 0 Å². The largest absolute Gasteiger partial charge is 1.00 e. The molecule has 0 spiro atoms. The third-order valence-electron chi connectivity index (χ3n) is 2.18.